The van der Waals surface area contributed by atoms with Crippen LogP contribution in [0.15, 0.2) is 0 Å². The fraction of sp³-hybridized carbons (Fsp3) is 0.938. The van der Waals surface area contributed by atoms with Crippen LogP contribution in [0.5, 0.6) is 0 Å². The second kappa shape index (κ2) is 7.01. The Morgan fingerprint density at radius 3 is 2.53 bits per heavy atom. The highest BCUT2D eigenvalue weighted by Crippen LogP contribution is 2.43. The van der Waals surface area contributed by atoms with Crippen molar-refractivity contribution in [2.75, 3.05) is 5.75 Å². The molecule has 2 nitrogen and oxygen atoms in total. The van der Waals surface area contributed by atoms with Crippen LogP contribution in [0.2, 0.25) is 0 Å². The topological polar surface area (TPSA) is 29.1 Å². The van der Waals surface area contributed by atoms with Crippen molar-refractivity contribution in [1.82, 2.24) is 5.32 Å². The third-order valence-electron chi connectivity index (χ3n) is 3.91. The highest BCUT2D eigenvalue weighted by molar-refractivity contribution is 8.00. The summed E-state index contributed by atoms with van der Waals surface area (Å²) >= 11 is 2.07. The summed E-state index contributed by atoms with van der Waals surface area (Å²) in [6.07, 6.45) is 3.70. The van der Waals surface area contributed by atoms with Gasteiger partial charge in [0.15, 0.2) is 0 Å². The van der Waals surface area contributed by atoms with Crippen molar-refractivity contribution >= 4 is 17.7 Å². The molecule has 4 unspecified atom stereocenters. The number of nitrogens with one attached hydrogen (secondary N) is 1. The van der Waals surface area contributed by atoms with E-state index in [0.29, 0.717) is 22.6 Å². The van der Waals surface area contributed by atoms with Crippen LogP contribution in [0.1, 0.15) is 60.8 Å². The number of thioether (sulfide) groups is 1. The molecular weight excluding hydrogens is 254 g/mol. The molecule has 0 aromatic rings. The van der Waals surface area contributed by atoms with Crippen LogP contribution < -0.4 is 5.32 Å². The van der Waals surface area contributed by atoms with E-state index < -0.39 is 0 Å². The molecule has 1 amide bonds. The molecule has 1 N–H and O–H groups in total. The third-order valence-corrected chi connectivity index (χ3v) is 5.66. The fourth-order valence-electron chi connectivity index (χ4n) is 3.47. The highest BCUT2D eigenvalue weighted by Gasteiger charge is 2.40. The SMILES string of the molecule is CCCC1C(NC(C)=O)CSC1C(C)CC(C)(C)C. The van der Waals surface area contributed by atoms with Crippen molar-refractivity contribution in [3.05, 3.63) is 0 Å². The van der Waals surface area contributed by atoms with Gasteiger partial charge in [0.25, 0.3) is 0 Å². The zero-order valence-corrected chi connectivity index (χ0v) is 14.3. The van der Waals surface area contributed by atoms with Gasteiger partial charge in [0.05, 0.1) is 0 Å². The largest absolute Gasteiger partial charge is 0.352 e. The van der Waals surface area contributed by atoms with Crippen LogP contribution in [-0.2, 0) is 4.79 Å². The molecule has 0 saturated carbocycles. The normalized spacial score (nSPS) is 29.3. The Kier molecular flexibility index (Phi) is 6.22. The second-order valence-corrected chi connectivity index (χ2v) is 8.51. The second-order valence-electron chi connectivity index (χ2n) is 7.30. The molecule has 1 saturated heterocycles. The molecule has 0 spiro atoms. The molecule has 1 aliphatic heterocycles. The van der Waals surface area contributed by atoms with Crippen molar-refractivity contribution in [1.29, 1.82) is 0 Å². The predicted molar refractivity (Wildman–Crippen MR) is 85.5 cm³/mol. The van der Waals surface area contributed by atoms with Crippen LogP contribution in [0.25, 0.3) is 0 Å². The monoisotopic (exact) mass is 285 g/mol. The summed E-state index contributed by atoms with van der Waals surface area (Å²) in [5, 5.41) is 3.87. The van der Waals surface area contributed by atoms with Crippen LogP contribution in [-0.4, -0.2) is 23.0 Å². The molecule has 0 bridgehead atoms. The van der Waals surface area contributed by atoms with Gasteiger partial charge in [0.2, 0.25) is 5.91 Å². The van der Waals surface area contributed by atoms with Crippen LogP contribution >= 0.6 is 11.8 Å². The lowest BCUT2D eigenvalue weighted by Crippen LogP contribution is -2.41. The lowest BCUT2D eigenvalue weighted by Gasteiger charge is -2.32. The lowest BCUT2D eigenvalue weighted by atomic mass is 9.79. The Bertz CT molecular complexity index is 298. The van der Waals surface area contributed by atoms with Gasteiger partial charge in [0.1, 0.15) is 0 Å². The Labute approximate surface area is 123 Å². The molecule has 1 rings (SSSR count). The molecule has 0 aliphatic carbocycles. The zero-order valence-electron chi connectivity index (χ0n) is 13.5. The van der Waals surface area contributed by atoms with Gasteiger partial charge in [-0.2, -0.15) is 11.8 Å². The van der Waals surface area contributed by atoms with Crippen LogP contribution in [0.4, 0.5) is 0 Å². The van der Waals surface area contributed by atoms with Gasteiger partial charge in [-0.05, 0) is 30.1 Å². The predicted octanol–water partition coefficient (Wildman–Crippen LogP) is 4.10. The van der Waals surface area contributed by atoms with E-state index in [1.807, 2.05) is 0 Å². The summed E-state index contributed by atoms with van der Waals surface area (Å²) in [5.74, 6) is 2.58. The molecule has 1 heterocycles. The van der Waals surface area contributed by atoms with Crippen LogP contribution in [0, 0.1) is 17.3 Å². The maximum absolute atomic E-state index is 11.3. The van der Waals surface area contributed by atoms with E-state index >= 15 is 0 Å². The zero-order chi connectivity index (χ0) is 14.6. The molecule has 3 heteroatoms. The molecule has 0 aromatic heterocycles. The van der Waals surface area contributed by atoms with E-state index in [1.54, 1.807) is 6.92 Å². The summed E-state index contributed by atoms with van der Waals surface area (Å²) in [5.41, 5.74) is 0.392. The van der Waals surface area contributed by atoms with E-state index in [0.717, 1.165) is 11.7 Å². The number of carbonyl (C=O) groups is 1. The molecule has 112 valence electrons. The number of rotatable bonds is 5. The minimum atomic E-state index is 0.121. The number of carbonyl (C=O) groups excluding carboxylic acids is 1. The Morgan fingerprint density at radius 2 is 2.05 bits per heavy atom. The number of hydrogen-bond donors (Lipinski definition) is 1. The van der Waals surface area contributed by atoms with Gasteiger partial charge in [-0.15, -0.1) is 0 Å². The average molecular weight is 285 g/mol. The summed E-state index contributed by atoms with van der Waals surface area (Å²) in [4.78, 5) is 11.3. The average Bonchev–Trinajstić information content (AvgIpc) is 2.59. The summed E-state index contributed by atoms with van der Waals surface area (Å²) < 4.78 is 0. The van der Waals surface area contributed by atoms with E-state index in [1.165, 1.54) is 19.3 Å². The summed E-state index contributed by atoms with van der Waals surface area (Å²) in [6, 6.07) is 0.384. The van der Waals surface area contributed by atoms with Gasteiger partial charge in [-0.25, -0.2) is 0 Å². The van der Waals surface area contributed by atoms with E-state index in [-0.39, 0.29) is 5.91 Å². The first-order valence-electron chi connectivity index (χ1n) is 7.63. The molecule has 4 atom stereocenters. The van der Waals surface area contributed by atoms with Crippen molar-refractivity contribution in [2.45, 2.75) is 72.1 Å². The van der Waals surface area contributed by atoms with Gasteiger partial charge in [-0.3, -0.25) is 4.79 Å². The van der Waals surface area contributed by atoms with Gasteiger partial charge < -0.3 is 5.32 Å². The lowest BCUT2D eigenvalue weighted by molar-refractivity contribution is -0.119. The first kappa shape index (κ1) is 16.9. The van der Waals surface area contributed by atoms with Gasteiger partial charge >= 0.3 is 0 Å². The maximum atomic E-state index is 11.3. The first-order valence-corrected chi connectivity index (χ1v) is 8.68. The van der Waals surface area contributed by atoms with E-state index in [4.69, 9.17) is 0 Å². The summed E-state index contributed by atoms with van der Waals surface area (Å²) in [6.45, 7) is 13.2. The van der Waals surface area contributed by atoms with Crippen molar-refractivity contribution < 1.29 is 4.79 Å². The fourth-order valence-corrected chi connectivity index (χ4v) is 5.23. The Balaban J connectivity index is 2.69. The standard InChI is InChI=1S/C16H31NOS/c1-7-8-13-14(17-12(3)18)10-19-15(13)11(2)9-16(4,5)6/h11,13-15H,7-10H2,1-6H3,(H,17,18). The molecule has 0 radical (unpaired) electrons. The molecule has 1 fully saturated rings. The molecule has 19 heavy (non-hydrogen) atoms. The van der Waals surface area contributed by atoms with Gasteiger partial charge in [-0.1, -0.05) is 41.0 Å². The minimum absolute atomic E-state index is 0.121. The third kappa shape index (κ3) is 5.37. The smallest absolute Gasteiger partial charge is 0.217 e. The van der Waals surface area contributed by atoms with Crippen molar-refractivity contribution in [3.8, 4) is 0 Å². The number of amides is 1. The first-order chi connectivity index (χ1) is 8.74. The number of hydrogen-bond acceptors (Lipinski definition) is 2. The van der Waals surface area contributed by atoms with Crippen molar-refractivity contribution in [3.63, 3.8) is 0 Å². The van der Waals surface area contributed by atoms with Crippen molar-refractivity contribution in [2.24, 2.45) is 17.3 Å². The molecular formula is C16H31NOS. The summed E-state index contributed by atoms with van der Waals surface area (Å²) in [7, 11) is 0. The molecule has 1 aliphatic rings. The highest BCUT2D eigenvalue weighted by atomic mass is 32.2. The van der Waals surface area contributed by atoms with Gasteiger partial charge in [0, 0.05) is 24.0 Å². The maximum Gasteiger partial charge on any atom is 0.217 e. The van der Waals surface area contributed by atoms with Crippen LogP contribution in [0.3, 0.4) is 0 Å². The van der Waals surface area contributed by atoms with E-state index in [2.05, 4.69) is 51.7 Å². The minimum Gasteiger partial charge on any atom is -0.352 e. The molecule has 0 aromatic carbocycles. The Morgan fingerprint density at radius 1 is 1.42 bits per heavy atom. The van der Waals surface area contributed by atoms with E-state index in [9.17, 15) is 4.79 Å². The quantitative estimate of drug-likeness (QED) is 0.824. The Hall–Kier alpha value is -0.180.